The molecule has 2 heterocycles. The number of benzene rings is 3. The summed E-state index contributed by atoms with van der Waals surface area (Å²) in [5.41, 5.74) is 11.3. The number of carbonyl (C=O) groups excluding carboxylic acids is 2. The Balaban J connectivity index is 1.19. The Kier molecular flexibility index (Phi) is 8.51. The third-order valence-electron chi connectivity index (χ3n) is 7.81. The summed E-state index contributed by atoms with van der Waals surface area (Å²) in [7, 11) is 0. The Morgan fingerprint density at radius 2 is 1.68 bits per heavy atom. The van der Waals surface area contributed by atoms with Gasteiger partial charge in [0, 0.05) is 35.8 Å². The number of primary amides is 1. The van der Waals surface area contributed by atoms with Crippen LogP contribution in [0.4, 0.5) is 10.1 Å². The summed E-state index contributed by atoms with van der Waals surface area (Å²) in [4.78, 5) is 31.1. The van der Waals surface area contributed by atoms with Crippen LogP contribution in [0.3, 0.4) is 0 Å². The Bertz CT molecular complexity index is 1490. The van der Waals surface area contributed by atoms with Crippen molar-refractivity contribution in [1.29, 1.82) is 0 Å². The minimum Gasteiger partial charge on any atom is -0.370 e. The molecule has 1 aromatic heterocycles. The van der Waals surface area contributed by atoms with Crippen molar-refractivity contribution in [2.24, 2.45) is 11.7 Å². The molecule has 1 aliphatic rings. The fourth-order valence-electron chi connectivity index (χ4n) is 5.46. The molecule has 0 saturated carbocycles. The van der Waals surface area contributed by atoms with E-state index >= 15 is 0 Å². The first-order chi connectivity index (χ1) is 19.3. The van der Waals surface area contributed by atoms with Gasteiger partial charge in [0.05, 0.1) is 5.52 Å². The number of nitrogens with two attached hydrogens (primary N) is 1. The molecule has 0 bridgehead atoms. The Morgan fingerprint density at radius 3 is 2.35 bits per heavy atom. The largest absolute Gasteiger partial charge is 0.370 e. The van der Waals surface area contributed by atoms with Crippen LogP contribution in [0.25, 0.3) is 22.0 Å². The first-order valence-electron chi connectivity index (χ1n) is 13.9. The molecule has 2 amide bonds. The number of nitrogens with zero attached hydrogens (tertiary/aromatic N) is 2. The highest BCUT2D eigenvalue weighted by Gasteiger charge is 2.19. The van der Waals surface area contributed by atoms with Crippen LogP contribution in [0.15, 0.2) is 72.9 Å². The van der Waals surface area contributed by atoms with Gasteiger partial charge in [-0.1, -0.05) is 24.3 Å². The van der Waals surface area contributed by atoms with Gasteiger partial charge in [-0.2, -0.15) is 0 Å². The van der Waals surface area contributed by atoms with Crippen LogP contribution in [0.5, 0.6) is 0 Å². The van der Waals surface area contributed by atoms with Crippen LogP contribution in [-0.2, 0) is 11.3 Å². The number of pyridine rings is 1. The van der Waals surface area contributed by atoms with E-state index in [1.807, 2.05) is 31.3 Å². The van der Waals surface area contributed by atoms with Gasteiger partial charge in [0.15, 0.2) is 0 Å². The molecule has 4 aromatic rings. The van der Waals surface area contributed by atoms with Gasteiger partial charge in [0.1, 0.15) is 5.82 Å². The number of rotatable bonds is 9. The van der Waals surface area contributed by atoms with Gasteiger partial charge >= 0.3 is 0 Å². The molecule has 7 heteroatoms. The number of aryl methyl sites for hydroxylation is 1. The number of amides is 2. The third-order valence-corrected chi connectivity index (χ3v) is 7.81. The molecule has 0 unspecified atom stereocenters. The lowest BCUT2D eigenvalue weighted by molar-refractivity contribution is -0.118. The number of anilines is 1. The number of carbonyl (C=O) groups is 2. The summed E-state index contributed by atoms with van der Waals surface area (Å²) in [5, 5.41) is 4.08. The summed E-state index contributed by atoms with van der Waals surface area (Å²) < 4.78 is 13.2. The van der Waals surface area contributed by atoms with Gasteiger partial charge in [-0.3, -0.25) is 19.5 Å². The van der Waals surface area contributed by atoms with Crippen molar-refractivity contribution in [3.8, 4) is 11.1 Å². The molecule has 5 rings (SSSR count). The van der Waals surface area contributed by atoms with E-state index in [0.29, 0.717) is 17.9 Å². The Hall–Kier alpha value is -4.10. The predicted octanol–water partition coefficient (Wildman–Crippen LogP) is 6.47. The second-order valence-corrected chi connectivity index (χ2v) is 10.8. The Labute approximate surface area is 234 Å². The third kappa shape index (κ3) is 6.90. The van der Waals surface area contributed by atoms with Crippen LogP contribution < -0.4 is 11.1 Å². The lowest BCUT2D eigenvalue weighted by atomic mass is 9.91. The van der Waals surface area contributed by atoms with E-state index in [9.17, 15) is 14.0 Å². The molecule has 40 heavy (non-hydrogen) atoms. The fourth-order valence-corrected chi connectivity index (χ4v) is 5.46. The fraction of sp³-hybridized carbons (Fsp3) is 0.303. The second kappa shape index (κ2) is 12.4. The molecule has 3 aromatic carbocycles. The molecule has 0 atom stereocenters. The van der Waals surface area contributed by atoms with Crippen LogP contribution in [0.2, 0.25) is 0 Å². The predicted molar refractivity (Wildman–Crippen MR) is 157 cm³/mol. The van der Waals surface area contributed by atoms with Crippen LogP contribution in [0, 0.1) is 18.7 Å². The average Bonchev–Trinajstić information content (AvgIpc) is 2.95. The molecule has 0 spiro atoms. The summed E-state index contributed by atoms with van der Waals surface area (Å²) in [5.74, 6) is -0.000218. The van der Waals surface area contributed by atoms with Crippen LogP contribution in [0.1, 0.15) is 53.6 Å². The number of aromatic nitrogens is 1. The van der Waals surface area contributed by atoms with Crippen molar-refractivity contribution in [1.82, 2.24) is 9.88 Å². The molecule has 0 aliphatic carbocycles. The zero-order chi connectivity index (χ0) is 28.1. The number of halogens is 1. The van der Waals surface area contributed by atoms with E-state index < -0.39 is 0 Å². The number of nitrogens with one attached hydrogen (secondary N) is 1. The number of likely N-dealkylation sites (tertiary alicyclic amines) is 1. The first kappa shape index (κ1) is 27.5. The van der Waals surface area contributed by atoms with E-state index in [0.717, 1.165) is 78.6 Å². The summed E-state index contributed by atoms with van der Waals surface area (Å²) in [6.45, 7) is 4.95. The van der Waals surface area contributed by atoms with Gasteiger partial charge in [-0.15, -0.1) is 0 Å². The molecular formula is C33H35FN4O2. The summed E-state index contributed by atoms with van der Waals surface area (Å²) in [6.07, 6.45) is 6.68. The maximum Gasteiger partial charge on any atom is 0.255 e. The average molecular weight is 539 g/mol. The van der Waals surface area contributed by atoms with E-state index in [4.69, 9.17) is 10.7 Å². The van der Waals surface area contributed by atoms with Crippen LogP contribution in [-0.4, -0.2) is 34.8 Å². The highest BCUT2D eigenvalue weighted by Crippen LogP contribution is 2.27. The maximum atomic E-state index is 13.2. The van der Waals surface area contributed by atoms with E-state index in [-0.39, 0.29) is 17.6 Å². The molecule has 1 fully saturated rings. The van der Waals surface area contributed by atoms with Gasteiger partial charge < -0.3 is 11.1 Å². The van der Waals surface area contributed by atoms with Gasteiger partial charge in [0.2, 0.25) is 5.91 Å². The maximum absolute atomic E-state index is 13.2. The topological polar surface area (TPSA) is 88.3 Å². The molecule has 6 nitrogen and oxygen atoms in total. The summed E-state index contributed by atoms with van der Waals surface area (Å²) >= 11 is 0. The molecular weight excluding hydrogens is 503 g/mol. The van der Waals surface area contributed by atoms with Crippen molar-refractivity contribution < 1.29 is 14.0 Å². The molecule has 206 valence electrons. The lowest BCUT2D eigenvalue weighted by Gasteiger charge is -2.32. The normalized spacial score (nSPS) is 14.3. The minimum absolute atomic E-state index is 0.192. The van der Waals surface area contributed by atoms with Gasteiger partial charge in [-0.25, -0.2) is 4.39 Å². The van der Waals surface area contributed by atoms with Crippen LogP contribution >= 0.6 is 0 Å². The number of hydrogen-bond donors (Lipinski definition) is 2. The van der Waals surface area contributed by atoms with Crippen molar-refractivity contribution in [3.63, 3.8) is 0 Å². The SMILES string of the molecule is Cc1cc2cc(CN3CCC(CCCC(N)=O)CC3)cnc2cc1NC(=O)c1ccc(-c2ccc(F)cc2)cc1. The highest BCUT2D eigenvalue weighted by molar-refractivity contribution is 6.05. The molecule has 1 saturated heterocycles. The highest BCUT2D eigenvalue weighted by atomic mass is 19.1. The number of fused-ring (bicyclic) bond motifs is 1. The Morgan fingerprint density at radius 1 is 1.00 bits per heavy atom. The van der Waals surface area contributed by atoms with Gasteiger partial charge in [0.25, 0.3) is 5.91 Å². The van der Waals surface area contributed by atoms with Crippen molar-refractivity contribution >= 4 is 28.4 Å². The van der Waals surface area contributed by atoms with Crippen molar-refractivity contribution in [3.05, 3.63) is 95.4 Å². The van der Waals surface area contributed by atoms with E-state index in [1.54, 1.807) is 24.3 Å². The van der Waals surface area contributed by atoms with Crippen molar-refractivity contribution in [2.45, 2.75) is 45.6 Å². The van der Waals surface area contributed by atoms with E-state index in [1.165, 1.54) is 17.7 Å². The minimum atomic E-state index is -0.276. The van der Waals surface area contributed by atoms with Gasteiger partial charge in [-0.05, 0) is 116 Å². The zero-order valence-corrected chi connectivity index (χ0v) is 22.8. The monoisotopic (exact) mass is 538 g/mol. The van der Waals surface area contributed by atoms with Crippen molar-refractivity contribution in [2.75, 3.05) is 18.4 Å². The van der Waals surface area contributed by atoms with E-state index in [2.05, 4.69) is 22.3 Å². The number of hydrogen-bond acceptors (Lipinski definition) is 4. The standard InChI is InChI=1S/C33H35FN4O2/c1-22-17-28-18-24(21-38-15-13-23(14-16-38)3-2-4-32(35)39)20-36-31(28)19-30(22)37-33(40)27-7-5-25(6-8-27)26-9-11-29(34)12-10-26/h5-12,17-20,23H,2-4,13-16,21H2,1H3,(H2,35,39)(H,37,40). The first-order valence-corrected chi connectivity index (χ1v) is 13.9. The lowest BCUT2D eigenvalue weighted by Crippen LogP contribution is -2.33. The molecule has 3 N–H and O–H groups in total. The second-order valence-electron chi connectivity index (χ2n) is 10.8. The number of piperidine rings is 1. The smallest absolute Gasteiger partial charge is 0.255 e. The quantitative estimate of drug-likeness (QED) is 0.256. The summed E-state index contributed by atoms with van der Waals surface area (Å²) in [6, 6.07) is 19.8. The molecule has 0 radical (unpaired) electrons. The molecule has 1 aliphatic heterocycles. The zero-order valence-electron chi connectivity index (χ0n) is 22.8.